The van der Waals surface area contributed by atoms with E-state index in [0.717, 1.165) is 25.5 Å². The lowest BCUT2D eigenvalue weighted by molar-refractivity contribution is 0.0972. The highest BCUT2D eigenvalue weighted by Gasteiger charge is 2.08. The summed E-state index contributed by atoms with van der Waals surface area (Å²) >= 11 is 1.78. The first-order valence-electron chi connectivity index (χ1n) is 8.01. The molecular weight excluding hydrogens is 451 g/mol. The van der Waals surface area contributed by atoms with Crippen molar-refractivity contribution in [2.24, 2.45) is 16.6 Å². The molecule has 2 aromatic heterocycles. The van der Waals surface area contributed by atoms with Gasteiger partial charge in [0, 0.05) is 18.0 Å². The predicted octanol–water partition coefficient (Wildman–Crippen LogP) is 2.99. The molecule has 0 bridgehead atoms. The van der Waals surface area contributed by atoms with Crippen LogP contribution in [-0.2, 0) is 13.0 Å². The molecule has 0 fully saturated rings. The average molecular weight is 476 g/mol. The number of thiophene rings is 1. The maximum Gasteiger partial charge on any atom is 0.284 e. The van der Waals surface area contributed by atoms with Crippen LogP contribution in [0.1, 0.15) is 35.0 Å². The Morgan fingerprint density at radius 1 is 1.36 bits per heavy atom. The molecule has 0 aliphatic carbocycles. The van der Waals surface area contributed by atoms with E-state index in [1.54, 1.807) is 23.5 Å². The average Bonchev–Trinajstić information content (AvgIpc) is 3.21. The highest BCUT2D eigenvalue weighted by Crippen LogP contribution is 2.13. The van der Waals surface area contributed by atoms with Crippen molar-refractivity contribution in [1.29, 1.82) is 0 Å². The lowest BCUT2D eigenvalue weighted by atomic mass is 10.1. The van der Waals surface area contributed by atoms with E-state index in [1.807, 2.05) is 6.92 Å². The first kappa shape index (κ1) is 21.5. The molecule has 1 atom stereocenters. The van der Waals surface area contributed by atoms with Crippen LogP contribution >= 0.6 is 35.3 Å². The van der Waals surface area contributed by atoms with Gasteiger partial charge in [-0.15, -0.1) is 35.3 Å². The zero-order valence-electron chi connectivity index (χ0n) is 14.5. The Labute approximate surface area is 169 Å². The summed E-state index contributed by atoms with van der Waals surface area (Å²) in [5.74, 6) is 1.41. The van der Waals surface area contributed by atoms with Crippen LogP contribution in [0.25, 0.3) is 0 Å². The van der Waals surface area contributed by atoms with Crippen molar-refractivity contribution in [3.63, 3.8) is 0 Å². The molecule has 0 radical (unpaired) electrons. The highest BCUT2D eigenvalue weighted by atomic mass is 127. The zero-order valence-corrected chi connectivity index (χ0v) is 17.6. The minimum Gasteiger partial charge on any atom is -0.454 e. The largest absolute Gasteiger partial charge is 0.454 e. The summed E-state index contributed by atoms with van der Waals surface area (Å²) in [6.45, 7) is 6.18. The molecule has 2 rings (SSSR count). The molecule has 6 nitrogen and oxygen atoms in total. The molecule has 0 aromatic carbocycles. The fourth-order valence-electron chi connectivity index (χ4n) is 2.21. The van der Waals surface area contributed by atoms with Crippen LogP contribution in [-0.4, -0.2) is 25.0 Å². The molecule has 2 aromatic rings. The van der Waals surface area contributed by atoms with Gasteiger partial charge in [0.1, 0.15) is 12.3 Å². The molecule has 1 unspecified atom stereocenters. The summed E-state index contributed by atoms with van der Waals surface area (Å²) < 4.78 is 5.33. The van der Waals surface area contributed by atoms with E-state index in [4.69, 9.17) is 10.2 Å². The Morgan fingerprint density at radius 3 is 2.76 bits per heavy atom. The minimum absolute atomic E-state index is 0. The number of aliphatic imine (C=N–C) groups is 1. The SMILES string of the molecule is CCNC(=NCc1ccc(C(N)=O)o1)NCC(C)Cc1cccs1.I. The van der Waals surface area contributed by atoms with Crippen molar-refractivity contribution >= 4 is 47.2 Å². The van der Waals surface area contributed by atoms with Crippen LogP contribution in [0.15, 0.2) is 39.1 Å². The van der Waals surface area contributed by atoms with E-state index in [9.17, 15) is 4.79 Å². The third-order valence-corrected chi connectivity index (χ3v) is 4.29. The summed E-state index contributed by atoms with van der Waals surface area (Å²) in [5, 5.41) is 8.65. The molecule has 4 N–H and O–H groups in total. The normalized spacial score (nSPS) is 12.3. The van der Waals surface area contributed by atoms with Crippen LogP contribution in [0.3, 0.4) is 0 Å². The second-order valence-corrected chi connectivity index (χ2v) is 6.63. The van der Waals surface area contributed by atoms with Crippen LogP contribution in [0.5, 0.6) is 0 Å². The topological polar surface area (TPSA) is 92.6 Å². The Hall–Kier alpha value is -1.55. The molecule has 0 saturated carbocycles. The number of halogens is 1. The fraction of sp³-hybridized carbons (Fsp3) is 0.412. The Morgan fingerprint density at radius 2 is 2.16 bits per heavy atom. The van der Waals surface area contributed by atoms with Crippen LogP contribution in [0.2, 0.25) is 0 Å². The monoisotopic (exact) mass is 476 g/mol. The minimum atomic E-state index is -0.572. The Balaban J connectivity index is 0.00000312. The number of hydrogen-bond donors (Lipinski definition) is 3. The van der Waals surface area contributed by atoms with Crippen molar-refractivity contribution in [2.45, 2.75) is 26.8 Å². The van der Waals surface area contributed by atoms with E-state index in [-0.39, 0.29) is 29.7 Å². The van der Waals surface area contributed by atoms with Gasteiger partial charge in [0.2, 0.25) is 0 Å². The van der Waals surface area contributed by atoms with Crippen molar-refractivity contribution in [3.05, 3.63) is 46.0 Å². The van der Waals surface area contributed by atoms with Gasteiger partial charge in [0.25, 0.3) is 5.91 Å². The summed E-state index contributed by atoms with van der Waals surface area (Å²) in [6.07, 6.45) is 1.05. The van der Waals surface area contributed by atoms with Crippen molar-refractivity contribution in [1.82, 2.24) is 10.6 Å². The zero-order chi connectivity index (χ0) is 17.4. The molecule has 0 spiro atoms. The molecule has 0 saturated heterocycles. The number of carbonyl (C=O) groups is 1. The first-order valence-corrected chi connectivity index (χ1v) is 8.89. The third kappa shape index (κ3) is 7.47. The molecule has 1 amide bonds. The van der Waals surface area contributed by atoms with Gasteiger partial charge in [-0.25, -0.2) is 4.99 Å². The van der Waals surface area contributed by atoms with E-state index in [2.05, 4.69) is 40.1 Å². The lowest BCUT2D eigenvalue weighted by Crippen LogP contribution is -2.39. The smallest absolute Gasteiger partial charge is 0.284 e. The second kappa shape index (κ2) is 11.1. The molecule has 25 heavy (non-hydrogen) atoms. The van der Waals surface area contributed by atoms with Gasteiger partial charge in [0.15, 0.2) is 11.7 Å². The third-order valence-electron chi connectivity index (χ3n) is 3.39. The maximum atomic E-state index is 11.0. The van der Waals surface area contributed by atoms with Gasteiger partial charge < -0.3 is 20.8 Å². The van der Waals surface area contributed by atoms with Crippen LogP contribution in [0.4, 0.5) is 0 Å². The number of nitrogens with two attached hydrogens (primary N) is 1. The Kier molecular flexibility index (Phi) is 9.58. The summed E-state index contributed by atoms with van der Waals surface area (Å²) in [5.41, 5.74) is 5.17. The van der Waals surface area contributed by atoms with E-state index in [0.29, 0.717) is 18.2 Å². The van der Waals surface area contributed by atoms with Crippen LogP contribution < -0.4 is 16.4 Å². The van der Waals surface area contributed by atoms with Crippen molar-refractivity contribution in [3.8, 4) is 0 Å². The first-order chi connectivity index (χ1) is 11.6. The van der Waals surface area contributed by atoms with Gasteiger partial charge in [-0.2, -0.15) is 0 Å². The van der Waals surface area contributed by atoms with E-state index >= 15 is 0 Å². The number of carbonyl (C=O) groups excluding carboxylic acids is 1. The number of furan rings is 1. The second-order valence-electron chi connectivity index (χ2n) is 5.59. The van der Waals surface area contributed by atoms with Gasteiger partial charge >= 0.3 is 0 Å². The Bertz CT molecular complexity index is 670. The van der Waals surface area contributed by atoms with Gasteiger partial charge in [-0.3, -0.25) is 4.79 Å². The number of rotatable bonds is 8. The fourth-order valence-corrected chi connectivity index (χ4v) is 3.08. The van der Waals surface area contributed by atoms with Crippen molar-refractivity contribution in [2.75, 3.05) is 13.1 Å². The molecule has 8 heteroatoms. The van der Waals surface area contributed by atoms with Gasteiger partial charge in [-0.05, 0) is 42.8 Å². The lowest BCUT2D eigenvalue weighted by Gasteiger charge is -2.15. The van der Waals surface area contributed by atoms with E-state index in [1.165, 1.54) is 4.88 Å². The molecule has 138 valence electrons. The van der Waals surface area contributed by atoms with Crippen molar-refractivity contribution < 1.29 is 9.21 Å². The number of primary amides is 1. The molecule has 2 heterocycles. The quantitative estimate of drug-likeness (QED) is 0.310. The number of amides is 1. The maximum absolute atomic E-state index is 11.0. The summed E-state index contributed by atoms with van der Waals surface area (Å²) in [6, 6.07) is 7.52. The summed E-state index contributed by atoms with van der Waals surface area (Å²) in [4.78, 5) is 16.9. The number of guanidine groups is 1. The predicted molar refractivity (Wildman–Crippen MR) is 113 cm³/mol. The highest BCUT2D eigenvalue weighted by molar-refractivity contribution is 14.0. The van der Waals surface area contributed by atoms with Gasteiger partial charge in [-0.1, -0.05) is 13.0 Å². The number of nitrogens with one attached hydrogen (secondary N) is 2. The van der Waals surface area contributed by atoms with Gasteiger partial charge in [0.05, 0.1) is 0 Å². The van der Waals surface area contributed by atoms with E-state index < -0.39 is 5.91 Å². The van der Waals surface area contributed by atoms with Crippen LogP contribution in [0, 0.1) is 5.92 Å². The molecule has 0 aliphatic heterocycles. The standard InChI is InChI=1S/C17H24N4O2S.HI/c1-3-19-17(20-10-12(2)9-14-5-4-8-24-14)21-11-13-6-7-15(23-13)16(18)22;/h4-8,12H,3,9-11H2,1-2H3,(H2,18,22)(H2,19,20,21);1H. The molecular formula is C17H25IN4O2S. The number of hydrogen-bond acceptors (Lipinski definition) is 4. The molecule has 0 aliphatic rings. The summed E-state index contributed by atoms with van der Waals surface area (Å²) in [7, 11) is 0. The number of nitrogens with zero attached hydrogens (tertiary/aromatic N) is 1.